The van der Waals surface area contributed by atoms with Crippen LogP contribution in [0.3, 0.4) is 0 Å². The molecule has 0 spiro atoms. The summed E-state index contributed by atoms with van der Waals surface area (Å²) in [6, 6.07) is 6.46. The fourth-order valence-electron chi connectivity index (χ4n) is 4.61. The van der Waals surface area contributed by atoms with Crippen LogP contribution in [-0.2, 0) is 24.2 Å². The number of sulfone groups is 1. The molecule has 8 heteroatoms. The molecule has 1 saturated heterocycles. The average molecular weight is 486 g/mol. The zero-order chi connectivity index (χ0) is 21.2. The number of amides is 1. The molecular formula is C21H28BrNO5S. The summed E-state index contributed by atoms with van der Waals surface area (Å²) in [5.41, 5.74) is 0. The summed E-state index contributed by atoms with van der Waals surface area (Å²) in [7, 11) is -3.93. The highest BCUT2D eigenvalue weighted by molar-refractivity contribution is 9.10. The van der Waals surface area contributed by atoms with Gasteiger partial charge in [-0.05, 0) is 70.2 Å². The Kier molecular flexibility index (Phi) is 6.73. The summed E-state index contributed by atoms with van der Waals surface area (Å²) in [5.74, 6) is -1.06. The standard InChI is InChI=1S/C21H28BrNO5S/c1-15-6-5-7-16(2)23(15)19(24)14-28-20(25)21(12-3-4-13-21)29(26,27)18-10-8-17(22)9-11-18/h8-11,15-16H,3-7,12-14H2,1-2H3/t15-,16+. The van der Waals surface area contributed by atoms with Gasteiger partial charge in [-0.25, -0.2) is 8.42 Å². The Labute approximate surface area is 181 Å². The van der Waals surface area contributed by atoms with Gasteiger partial charge in [-0.15, -0.1) is 0 Å². The lowest BCUT2D eigenvalue weighted by Gasteiger charge is -2.39. The second-order valence-electron chi connectivity index (χ2n) is 8.16. The molecule has 2 fully saturated rings. The van der Waals surface area contributed by atoms with Crippen LogP contribution in [0.4, 0.5) is 0 Å². The molecule has 1 saturated carbocycles. The van der Waals surface area contributed by atoms with Crippen LogP contribution in [0.1, 0.15) is 58.8 Å². The van der Waals surface area contributed by atoms with Crippen LogP contribution in [0.25, 0.3) is 0 Å². The Morgan fingerprint density at radius 1 is 1.07 bits per heavy atom. The van der Waals surface area contributed by atoms with E-state index < -0.39 is 27.2 Å². The van der Waals surface area contributed by atoms with E-state index in [-0.39, 0.29) is 35.7 Å². The molecule has 2 aliphatic rings. The van der Waals surface area contributed by atoms with E-state index in [1.165, 1.54) is 12.1 Å². The van der Waals surface area contributed by atoms with E-state index in [2.05, 4.69) is 15.9 Å². The second-order valence-corrected chi connectivity index (χ2v) is 11.3. The van der Waals surface area contributed by atoms with Gasteiger partial charge in [-0.2, -0.15) is 0 Å². The molecule has 0 bridgehead atoms. The first-order chi connectivity index (χ1) is 13.7. The molecule has 6 nitrogen and oxygen atoms in total. The Morgan fingerprint density at radius 3 is 2.17 bits per heavy atom. The number of carbonyl (C=O) groups excluding carboxylic acids is 2. The van der Waals surface area contributed by atoms with Gasteiger partial charge in [0.25, 0.3) is 5.91 Å². The number of ether oxygens (including phenoxy) is 1. The molecule has 29 heavy (non-hydrogen) atoms. The number of hydrogen-bond acceptors (Lipinski definition) is 5. The van der Waals surface area contributed by atoms with Crippen LogP contribution >= 0.6 is 15.9 Å². The fraction of sp³-hybridized carbons (Fsp3) is 0.619. The molecule has 0 unspecified atom stereocenters. The highest BCUT2D eigenvalue weighted by atomic mass is 79.9. The Hall–Kier alpha value is -1.41. The first-order valence-electron chi connectivity index (χ1n) is 10.2. The number of nitrogens with zero attached hydrogens (tertiary/aromatic N) is 1. The minimum atomic E-state index is -3.93. The number of likely N-dealkylation sites (tertiary alicyclic amines) is 1. The van der Waals surface area contributed by atoms with Crippen molar-refractivity contribution in [2.75, 3.05) is 6.61 Å². The summed E-state index contributed by atoms with van der Waals surface area (Å²) in [6.45, 7) is 3.57. The van der Waals surface area contributed by atoms with E-state index in [9.17, 15) is 18.0 Å². The lowest BCUT2D eigenvalue weighted by Crippen LogP contribution is -2.50. The maximum absolute atomic E-state index is 13.3. The normalized spacial score (nSPS) is 24.3. The maximum atomic E-state index is 13.3. The van der Waals surface area contributed by atoms with Crippen molar-refractivity contribution in [1.82, 2.24) is 4.90 Å². The smallest absolute Gasteiger partial charge is 0.328 e. The van der Waals surface area contributed by atoms with Crippen molar-refractivity contribution in [2.24, 2.45) is 0 Å². The van der Waals surface area contributed by atoms with Crippen molar-refractivity contribution in [3.05, 3.63) is 28.7 Å². The third-order valence-electron chi connectivity index (χ3n) is 6.23. The van der Waals surface area contributed by atoms with Crippen LogP contribution < -0.4 is 0 Å². The van der Waals surface area contributed by atoms with Gasteiger partial charge in [-0.3, -0.25) is 9.59 Å². The van der Waals surface area contributed by atoms with Gasteiger partial charge in [0.05, 0.1) is 4.90 Å². The van der Waals surface area contributed by atoms with Crippen molar-refractivity contribution in [3.63, 3.8) is 0 Å². The number of hydrogen-bond donors (Lipinski definition) is 0. The van der Waals surface area contributed by atoms with E-state index in [0.29, 0.717) is 12.8 Å². The number of piperidine rings is 1. The summed E-state index contributed by atoms with van der Waals surface area (Å²) in [6.07, 6.45) is 4.63. The average Bonchev–Trinajstić information content (AvgIpc) is 3.18. The topological polar surface area (TPSA) is 80.8 Å². The van der Waals surface area contributed by atoms with Gasteiger partial charge in [0.15, 0.2) is 21.2 Å². The van der Waals surface area contributed by atoms with E-state index >= 15 is 0 Å². The SMILES string of the molecule is C[C@@H]1CCC[C@H](C)N1C(=O)COC(=O)C1(S(=O)(=O)c2ccc(Br)cc2)CCCC1. The van der Waals surface area contributed by atoms with Gasteiger partial charge in [0, 0.05) is 16.6 Å². The first kappa shape index (κ1) is 22.3. The van der Waals surface area contributed by atoms with E-state index in [1.807, 2.05) is 13.8 Å². The van der Waals surface area contributed by atoms with Crippen LogP contribution in [0.2, 0.25) is 0 Å². The number of carbonyl (C=O) groups is 2. The Bertz CT molecular complexity index is 852. The molecule has 2 atom stereocenters. The Morgan fingerprint density at radius 2 is 1.62 bits per heavy atom. The zero-order valence-electron chi connectivity index (χ0n) is 16.9. The molecule has 1 heterocycles. The molecular weight excluding hydrogens is 458 g/mol. The lowest BCUT2D eigenvalue weighted by molar-refractivity contribution is -0.156. The highest BCUT2D eigenvalue weighted by Gasteiger charge is 2.54. The molecule has 0 N–H and O–H groups in total. The molecule has 1 aromatic rings. The van der Waals surface area contributed by atoms with Crippen molar-refractivity contribution >= 4 is 37.6 Å². The van der Waals surface area contributed by atoms with E-state index in [1.54, 1.807) is 17.0 Å². The number of benzene rings is 1. The minimum Gasteiger partial charge on any atom is -0.454 e. The molecule has 1 aliphatic heterocycles. The molecule has 0 aromatic heterocycles. The van der Waals surface area contributed by atoms with Gasteiger partial charge < -0.3 is 9.64 Å². The van der Waals surface area contributed by atoms with Crippen LogP contribution in [0.15, 0.2) is 33.6 Å². The van der Waals surface area contributed by atoms with Crippen molar-refractivity contribution in [1.29, 1.82) is 0 Å². The lowest BCUT2D eigenvalue weighted by atomic mass is 9.97. The molecule has 1 amide bonds. The molecule has 3 rings (SSSR count). The summed E-state index contributed by atoms with van der Waals surface area (Å²) < 4.78 is 31.2. The van der Waals surface area contributed by atoms with Crippen molar-refractivity contribution < 1.29 is 22.7 Å². The van der Waals surface area contributed by atoms with Crippen LogP contribution in [-0.4, -0.2) is 48.6 Å². The van der Waals surface area contributed by atoms with Gasteiger partial charge in [0.1, 0.15) is 0 Å². The molecule has 160 valence electrons. The third-order valence-corrected chi connectivity index (χ3v) is 9.25. The monoisotopic (exact) mass is 485 g/mol. The quantitative estimate of drug-likeness (QED) is 0.591. The molecule has 1 aliphatic carbocycles. The van der Waals surface area contributed by atoms with E-state index in [4.69, 9.17) is 4.74 Å². The first-order valence-corrected chi connectivity index (χ1v) is 12.5. The number of halogens is 1. The van der Waals surface area contributed by atoms with Gasteiger partial charge >= 0.3 is 5.97 Å². The zero-order valence-corrected chi connectivity index (χ0v) is 19.3. The Balaban J connectivity index is 1.77. The van der Waals surface area contributed by atoms with Gasteiger partial charge in [0.2, 0.25) is 0 Å². The summed E-state index contributed by atoms with van der Waals surface area (Å²) in [4.78, 5) is 27.6. The number of esters is 1. The van der Waals surface area contributed by atoms with Crippen LogP contribution in [0.5, 0.6) is 0 Å². The predicted molar refractivity (Wildman–Crippen MR) is 113 cm³/mol. The van der Waals surface area contributed by atoms with Gasteiger partial charge in [-0.1, -0.05) is 28.8 Å². The highest BCUT2D eigenvalue weighted by Crippen LogP contribution is 2.41. The maximum Gasteiger partial charge on any atom is 0.328 e. The third kappa shape index (κ3) is 4.24. The van der Waals surface area contributed by atoms with Crippen molar-refractivity contribution in [2.45, 2.75) is 80.5 Å². The van der Waals surface area contributed by atoms with Crippen LogP contribution in [0, 0.1) is 0 Å². The number of rotatable bonds is 5. The fourth-order valence-corrected chi connectivity index (χ4v) is 6.93. The second kappa shape index (κ2) is 8.76. The molecule has 1 aromatic carbocycles. The summed E-state index contributed by atoms with van der Waals surface area (Å²) in [5, 5.41) is 0. The largest absolute Gasteiger partial charge is 0.454 e. The minimum absolute atomic E-state index is 0.0943. The predicted octanol–water partition coefficient (Wildman–Crippen LogP) is 3.87. The van der Waals surface area contributed by atoms with E-state index in [0.717, 1.165) is 23.7 Å². The summed E-state index contributed by atoms with van der Waals surface area (Å²) >= 11 is 3.30. The van der Waals surface area contributed by atoms with Crippen molar-refractivity contribution in [3.8, 4) is 0 Å². The molecule has 0 radical (unpaired) electrons.